The molecule has 108 valence electrons. The van der Waals surface area contributed by atoms with Gasteiger partial charge in [0.25, 0.3) is 0 Å². The Morgan fingerprint density at radius 3 is 2.85 bits per heavy atom. The van der Waals surface area contributed by atoms with E-state index in [-0.39, 0.29) is 17.7 Å². The summed E-state index contributed by atoms with van der Waals surface area (Å²) >= 11 is 0. The zero-order valence-corrected chi connectivity index (χ0v) is 11.8. The molecule has 5 heteroatoms. The summed E-state index contributed by atoms with van der Waals surface area (Å²) < 4.78 is 0. The Morgan fingerprint density at radius 2 is 2.20 bits per heavy atom. The van der Waals surface area contributed by atoms with E-state index in [9.17, 15) is 9.59 Å². The molecule has 1 unspecified atom stereocenters. The van der Waals surface area contributed by atoms with Gasteiger partial charge in [-0.3, -0.25) is 9.59 Å². The van der Waals surface area contributed by atoms with Crippen molar-refractivity contribution in [1.29, 1.82) is 0 Å². The Morgan fingerprint density at radius 1 is 1.45 bits per heavy atom. The second kappa shape index (κ2) is 6.52. The molecule has 0 aliphatic carbocycles. The first-order valence-corrected chi connectivity index (χ1v) is 7.01. The number of nitrogens with zero attached hydrogens (tertiary/aromatic N) is 1. The van der Waals surface area contributed by atoms with E-state index >= 15 is 0 Å². The number of nitrogens with one attached hydrogen (secondary N) is 1. The molecule has 5 nitrogen and oxygen atoms in total. The van der Waals surface area contributed by atoms with Crippen molar-refractivity contribution in [3.05, 3.63) is 24.3 Å². The van der Waals surface area contributed by atoms with Crippen LogP contribution in [0.3, 0.4) is 0 Å². The van der Waals surface area contributed by atoms with Crippen molar-refractivity contribution in [2.24, 2.45) is 11.7 Å². The van der Waals surface area contributed by atoms with Crippen LogP contribution >= 0.6 is 0 Å². The van der Waals surface area contributed by atoms with Gasteiger partial charge in [0.1, 0.15) is 0 Å². The first-order valence-electron chi connectivity index (χ1n) is 7.01. The number of nitrogens with two attached hydrogens (primary N) is 1. The fourth-order valence-electron chi connectivity index (χ4n) is 2.32. The standard InChI is InChI=1S/C15H21N3O2/c1-11(10-16)9-14(19)17-12-5-2-3-6-13(12)18-8-4-7-15(18)20/h2-3,5-6,11H,4,7-10,16H2,1H3,(H,17,19). The molecule has 3 N–H and O–H groups in total. The number of hydrogen-bond acceptors (Lipinski definition) is 3. The summed E-state index contributed by atoms with van der Waals surface area (Å²) in [6.07, 6.45) is 1.83. The molecule has 2 rings (SSSR count). The topological polar surface area (TPSA) is 75.4 Å². The maximum Gasteiger partial charge on any atom is 0.227 e. The van der Waals surface area contributed by atoms with Crippen molar-refractivity contribution in [3.8, 4) is 0 Å². The van der Waals surface area contributed by atoms with E-state index in [4.69, 9.17) is 5.73 Å². The molecule has 0 aromatic heterocycles. The minimum Gasteiger partial charge on any atom is -0.330 e. The molecule has 1 heterocycles. The highest BCUT2D eigenvalue weighted by atomic mass is 16.2. The molecule has 1 fully saturated rings. The molecule has 2 amide bonds. The summed E-state index contributed by atoms with van der Waals surface area (Å²) in [6.45, 7) is 3.14. The van der Waals surface area contributed by atoms with Crippen molar-refractivity contribution < 1.29 is 9.59 Å². The Hall–Kier alpha value is -1.88. The second-order valence-corrected chi connectivity index (χ2v) is 5.26. The van der Waals surface area contributed by atoms with E-state index in [1.807, 2.05) is 31.2 Å². The van der Waals surface area contributed by atoms with Gasteiger partial charge < -0.3 is 16.0 Å². The average molecular weight is 275 g/mol. The minimum absolute atomic E-state index is 0.0676. The number of benzene rings is 1. The number of carbonyl (C=O) groups is 2. The van der Waals surface area contributed by atoms with Crippen molar-refractivity contribution >= 4 is 23.2 Å². The first-order chi connectivity index (χ1) is 9.61. The van der Waals surface area contributed by atoms with E-state index in [1.165, 1.54) is 0 Å². The highest BCUT2D eigenvalue weighted by Gasteiger charge is 2.24. The smallest absolute Gasteiger partial charge is 0.227 e. The van der Waals surface area contributed by atoms with Crippen molar-refractivity contribution in [1.82, 2.24) is 0 Å². The van der Waals surface area contributed by atoms with E-state index in [0.717, 1.165) is 12.1 Å². The summed E-state index contributed by atoms with van der Waals surface area (Å²) in [5.74, 6) is 0.194. The Labute approximate surface area is 119 Å². The molecule has 1 aromatic rings. The summed E-state index contributed by atoms with van der Waals surface area (Å²) in [7, 11) is 0. The summed E-state index contributed by atoms with van der Waals surface area (Å²) in [6, 6.07) is 7.42. The molecule has 0 saturated carbocycles. The van der Waals surface area contributed by atoms with Gasteiger partial charge in [-0.05, 0) is 31.0 Å². The predicted octanol–water partition coefficient (Wildman–Crippen LogP) is 1.74. The first kappa shape index (κ1) is 14.5. The van der Waals surface area contributed by atoms with Crippen LogP contribution in [0.5, 0.6) is 0 Å². The molecule has 1 atom stereocenters. The Kier molecular flexibility index (Phi) is 4.74. The summed E-state index contributed by atoms with van der Waals surface area (Å²) in [4.78, 5) is 25.5. The third-order valence-electron chi connectivity index (χ3n) is 3.48. The maximum atomic E-state index is 12.0. The molecule has 0 spiro atoms. The van der Waals surface area contributed by atoms with Gasteiger partial charge in [0.05, 0.1) is 11.4 Å². The van der Waals surface area contributed by atoms with Gasteiger partial charge in [0, 0.05) is 19.4 Å². The molecule has 1 aliphatic rings. The number of rotatable bonds is 5. The predicted molar refractivity (Wildman–Crippen MR) is 79.5 cm³/mol. The van der Waals surface area contributed by atoms with Gasteiger partial charge >= 0.3 is 0 Å². The number of para-hydroxylation sites is 2. The lowest BCUT2D eigenvalue weighted by Crippen LogP contribution is -2.26. The van der Waals surface area contributed by atoms with Crippen LogP contribution in [0.2, 0.25) is 0 Å². The van der Waals surface area contributed by atoms with Gasteiger partial charge in [-0.1, -0.05) is 19.1 Å². The van der Waals surface area contributed by atoms with Crippen LogP contribution in [0.15, 0.2) is 24.3 Å². The van der Waals surface area contributed by atoms with Gasteiger partial charge in [-0.25, -0.2) is 0 Å². The zero-order valence-electron chi connectivity index (χ0n) is 11.8. The number of amides is 2. The van der Waals surface area contributed by atoms with Crippen molar-refractivity contribution in [3.63, 3.8) is 0 Å². The van der Waals surface area contributed by atoms with Crippen LogP contribution in [0.25, 0.3) is 0 Å². The molecular formula is C15H21N3O2. The lowest BCUT2D eigenvalue weighted by Gasteiger charge is -2.20. The second-order valence-electron chi connectivity index (χ2n) is 5.26. The SMILES string of the molecule is CC(CN)CC(=O)Nc1ccccc1N1CCCC1=O. The third kappa shape index (κ3) is 3.36. The quantitative estimate of drug-likeness (QED) is 0.859. The zero-order chi connectivity index (χ0) is 14.5. The van der Waals surface area contributed by atoms with Crippen molar-refractivity contribution in [2.75, 3.05) is 23.3 Å². The third-order valence-corrected chi connectivity index (χ3v) is 3.48. The Balaban J connectivity index is 2.12. The molecular weight excluding hydrogens is 254 g/mol. The van der Waals surface area contributed by atoms with Crippen LogP contribution in [-0.2, 0) is 9.59 Å². The van der Waals surface area contributed by atoms with Crippen molar-refractivity contribution in [2.45, 2.75) is 26.2 Å². The van der Waals surface area contributed by atoms with E-state index in [0.29, 0.717) is 31.6 Å². The van der Waals surface area contributed by atoms with Crippen LogP contribution in [-0.4, -0.2) is 24.9 Å². The van der Waals surface area contributed by atoms with E-state index < -0.39 is 0 Å². The molecule has 1 saturated heterocycles. The average Bonchev–Trinajstić information content (AvgIpc) is 2.85. The highest BCUT2D eigenvalue weighted by molar-refractivity contribution is 6.02. The maximum absolute atomic E-state index is 12.0. The Bertz CT molecular complexity index is 502. The molecule has 20 heavy (non-hydrogen) atoms. The van der Waals surface area contributed by atoms with E-state index in [2.05, 4.69) is 5.32 Å². The lowest BCUT2D eigenvalue weighted by molar-refractivity contribution is -0.118. The summed E-state index contributed by atoms with van der Waals surface area (Å²) in [5.41, 5.74) is 7.00. The fourth-order valence-corrected chi connectivity index (χ4v) is 2.32. The molecule has 0 radical (unpaired) electrons. The highest BCUT2D eigenvalue weighted by Crippen LogP contribution is 2.29. The van der Waals surface area contributed by atoms with Gasteiger partial charge in [0.15, 0.2) is 0 Å². The molecule has 1 aliphatic heterocycles. The van der Waals surface area contributed by atoms with Crippen LogP contribution in [0, 0.1) is 5.92 Å². The largest absolute Gasteiger partial charge is 0.330 e. The van der Waals surface area contributed by atoms with Gasteiger partial charge in [0.2, 0.25) is 11.8 Å². The fraction of sp³-hybridized carbons (Fsp3) is 0.467. The number of carbonyl (C=O) groups excluding carboxylic acids is 2. The van der Waals surface area contributed by atoms with Crippen LogP contribution in [0.4, 0.5) is 11.4 Å². The van der Waals surface area contributed by atoms with Gasteiger partial charge in [-0.15, -0.1) is 0 Å². The van der Waals surface area contributed by atoms with Gasteiger partial charge in [-0.2, -0.15) is 0 Å². The monoisotopic (exact) mass is 275 g/mol. The van der Waals surface area contributed by atoms with E-state index in [1.54, 1.807) is 4.90 Å². The lowest BCUT2D eigenvalue weighted by atomic mass is 10.1. The van der Waals surface area contributed by atoms with Crippen LogP contribution in [0.1, 0.15) is 26.2 Å². The normalized spacial score (nSPS) is 16.3. The minimum atomic E-state index is -0.0676. The number of hydrogen-bond donors (Lipinski definition) is 2. The molecule has 0 bridgehead atoms. The molecule has 1 aromatic carbocycles. The number of anilines is 2. The summed E-state index contributed by atoms with van der Waals surface area (Å²) in [5, 5.41) is 2.88. The van der Waals surface area contributed by atoms with Crippen LogP contribution < -0.4 is 16.0 Å².